The van der Waals surface area contributed by atoms with Gasteiger partial charge in [0.15, 0.2) is 0 Å². The quantitative estimate of drug-likeness (QED) is 0.596. The maximum absolute atomic E-state index is 11.9. The van der Waals surface area contributed by atoms with Crippen molar-refractivity contribution in [3.8, 4) is 0 Å². The first kappa shape index (κ1) is 19.1. The molecule has 0 aliphatic heterocycles. The van der Waals surface area contributed by atoms with Crippen LogP contribution >= 0.6 is 17.0 Å². The number of hydrogen-bond acceptors (Lipinski definition) is 4. The van der Waals surface area contributed by atoms with Crippen LogP contribution in [0.3, 0.4) is 0 Å². The predicted octanol–water partition coefficient (Wildman–Crippen LogP) is 1.77. The van der Waals surface area contributed by atoms with Gasteiger partial charge in [-0.2, -0.15) is 0 Å². The van der Waals surface area contributed by atoms with Crippen molar-refractivity contribution in [2.75, 3.05) is 5.32 Å². The molecule has 8 heteroatoms. The lowest BCUT2D eigenvalue weighted by Crippen LogP contribution is -2.59. The molecular weight excluding hydrogens is 400 g/mol. The monoisotopic (exact) mass is 424 g/mol. The molecule has 2 heterocycles. The van der Waals surface area contributed by atoms with E-state index in [1.165, 1.54) is 12.8 Å². The highest BCUT2D eigenvalue weighted by Gasteiger charge is 2.54. The lowest BCUT2D eigenvalue weighted by Gasteiger charge is -2.58. The number of primary amides is 1. The Labute approximate surface area is 161 Å². The number of anilines is 1. The van der Waals surface area contributed by atoms with E-state index in [0.29, 0.717) is 29.4 Å². The van der Waals surface area contributed by atoms with Crippen molar-refractivity contribution in [2.45, 2.75) is 43.7 Å². The lowest BCUT2D eigenvalue weighted by molar-refractivity contribution is -0.129. The fourth-order valence-electron chi connectivity index (χ4n) is 5.73. The first-order valence-corrected chi connectivity index (χ1v) is 8.77. The molecule has 4 aliphatic rings. The van der Waals surface area contributed by atoms with E-state index >= 15 is 0 Å². The minimum Gasteiger partial charge on any atom is -0.412 e. The van der Waals surface area contributed by atoms with E-state index in [1.807, 2.05) is 12.3 Å². The molecule has 4 bridgehead atoms. The van der Waals surface area contributed by atoms with Gasteiger partial charge in [0.25, 0.3) is 5.91 Å². The van der Waals surface area contributed by atoms with Crippen LogP contribution in [0.1, 0.15) is 42.5 Å². The summed E-state index contributed by atoms with van der Waals surface area (Å²) in [6.07, 6.45) is 8.42. The fraction of sp³-hybridized carbons (Fsp3) is 0.556. The Hall–Kier alpha value is -1.64. The summed E-state index contributed by atoms with van der Waals surface area (Å²) in [7, 11) is 0. The largest absolute Gasteiger partial charge is 0.412 e. The van der Waals surface area contributed by atoms with Crippen molar-refractivity contribution in [3.05, 3.63) is 24.0 Å². The molecule has 5 atom stereocenters. The molecule has 26 heavy (non-hydrogen) atoms. The molecule has 2 aromatic rings. The molecule has 0 spiro atoms. The lowest BCUT2D eigenvalue weighted by atomic mass is 9.52. The Balaban J connectivity index is 0.000000980. The second-order valence-electron chi connectivity index (χ2n) is 8.02. The van der Waals surface area contributed by atoms with E-state index in [-0.39, 0.29) is 22.5 Å². The molecule has 3 unspecified atom stereocenters. The van der Waals surface area contributed by atoms with Crippen LogP contribution < -0.4 is 11.1 Å². The number of H-pyrrole nitrogens is 1. The Morgan fingerprint density at radius 1 is 1.31 bits per heavy atom. The van der Waals surface area contributed by atoms with Crippen molar-refractivity contribution < 1.29 is 15.4 Å². The number of aromatic nitrogens is 2. The highest BCUT2D eigenvalue weighted by molar-refractivity contribution is 8.93. The van der Waals surface area contributed by atoms with Crippen LogP contribution in [0.5, 0.6) is 0 Å². The van der Waals surface area contributed by atoms with E-state index in [4.69, 9.17) is 5.73 Å². The number of nitrogens with two attached hydrogens (primary N) is 1. The summed E-state index contributed by atoms with van der Waals surface area (Å²) in [4.78, 5) is 19.3. The predicted molar refractivity (Wildman–Crippen MR) is 104 cm³/mol. The van der Waals surface area contributed by atoms with Gasteiger partial charge in [0.1, 0.15) is 5.65 Å². The molecule has 7 nitrogen and oxygen atoms in total. The number of carbonyl (C=O) groups is 1. The maximum atomic E-state index is 11.9. The summed E-state index contributed by atoms with van der Waals surface area (Å²) >= 11 is 0. The van der Waals surface area contributed by atoms with Gasteiger partial charge in [0, 0.05) is 23.8 Å². The maximum Gasteiger partial charge on any atom is 0.252 e. The summed E-state index contributed by atoms with van der Waals surface area (Å²) < 4.78 is 0. The van der Waals surface area contributed by atoms with Crippen LogP contribution in [0.15, 0.2) is 18.5 Å². The zero-order chi connectivity index (χ0) is 16.5. The summed E-state index contributed by atoms with van der Waals surface area (Å²) in [5, 5.41) is 15.3. The van der Waals surface area contributed by atoms with Gasteiger partial charge in [0.05, 0.1) is 16.9 Å². The van der Waals surface area contributed by atoms with Crippen LogP contribution in [0.2, 0.25) is 0 Å². The average molecular weight is 425 g/mol. The number of halogens is 1. The number of aromatic amines is 1. The van der Waals surface area contributed by atoms with E-state index in [0.717, 1.165) is 36.0 Å². The molecule has 0 radical (unpaired) electrons. The standard InChI is InChI=1S/C18H22N4O2.BrH.H2O/c19-16(23)13-8-21-17-12(1-2-20-17)15(13)22-14-10-3-9-4-11(14)7-18(24,5-9)6-10;;/h1-2,8-11,14,24H,3-7H2,(H2,19,23)(H2,20,21,22);1H;1H2/t9?,10-,11+,14?,18?;;. The van der Waals surface area contributed by atoms with Gasteiger partial charge in [-0.25, -0.2) is 4.98 Å². The molecule has 1 amide bonds. The first-order valence-electron chi connectivity index (χ1n) is 8.77. The highest BCUT2D eigenvalue weighted by atomic mass is 79.9. The summed E-state index contributed by atoms with van der Waals surface area (Å²) in [5.41, 5.74) is 7.10. The third-order valence-corrected chi connectivity index (χ3v) is 6.40. The van der Waals surface area contributed by atoms with Crippen LogP contribution in [-0.4, -0.2) is 38.1 Å². The molecule has 7 N–H and O–H groups in total. The number of aliphatic hydroxyl groups is 1. The second kappa shape index (κ2) is 6.51. The first-order chi connectivity index (χ1) is 11.5. The fourth-order valence-corrected chi connectivity index (χ4v) is 5.73. The average Bonchev–Trinajstić information content (AvgIpc) is 2.97. The minimum absolute atomic E-state index is 0. The van der Waals surface area contributed by atoms with E-state index in [9.17, 15) is 9.90 Å². The minimum atomic E-state index is -0.462. The number of pyridine rings is 1. The molecule has 4 saturated carbocycles. The van der Waals surface area contributed by atoms with Crippen LogP contribution in [0.4, 0.5) is 5.69 Å². The van der Waals surface area contributed by atoms with Crippen molar-refractivity contribution in [3.63, 3.8) is 0 Å². The molecule has 6 rings (SSSR count). The normalized spacial score (nSPS) is 34.2. The molecule has 4 fully saturated rings. The molecule has 2 aromatic heterocycles. The van der Waals surface area contributed by atoms with Crippen molar-refractivity contribution in [1.82, 2.24) is 9.97 Å². The van der Waals surface area contributed by atoms with Gasteiger partial charge in [-0.1, -0.05) is 0 Å². The number of nitrogens with zero attached hydrogens (tertiary/aromatic N) is 1. The Morgan fingerprint density at radius 3 is 2.62 bits per heavy atom. The van der Waals surface area contributed by atoms with Gasteiger partial charge in [-0.15, -0.1) is 17.0 Å². The van der Waals surface area contributed by atoms with Crippen LogP contribution in [0.25, 0.3) is 11.0 Å². The van der Waals surface area contributed by atoms with Crippen LogP contribution in [0, 0.1) is 17.8 Å². The summed E-state index contributed by atoms with van der Waals surface area (Å²) in [6.45, 7) is 0. The number of hydrogen-bond donors (Lipinski definition) is 4. The van der Waals surface area contributed by atoms with E-state index < -0.39 is 11.5 Å². The highest BCUT2D eigenvalue weighted by Crippen LogP contribution is 2.56. The van der Waals surface area contributed by atoms with E-state index in [1.54, 1.807) is 6.20 Å². The summed E-state index contributed by atoms with van der Waals surface area (Å²) in [6, 6.07) is 2.22. The zero-order valence-corrected chi connectivity index (χ0v) is 16.1. The molecular formula is C18H25BrN4O3. The third kappa shape index (κ3) is 2.80. The summed E-state index contributed by atoms with van der Waals surface area (Å²) in [5.74, 6) is 1.12. The number of nitrogens with one attached hydrogen (secondary N) is 2. The number of fused-ring (bicyclic) bond motifs is 1. The van der Waals surface area contributed by atoms with E-state index in [2.05, 4.69) is 15.3 Å². The SMILES string of the molecule is Br.NC(=O)c1cnc2[nH]ccc2c1NC1[C@@H]2CC3C[C@H]1CC(O)(C3)C2.O. The number of amides is 1. The smallest absolute Gasteiger partial charge is 0.252 e. The molecule has 0 saturated heterocycles. The Bertz CT molecular complexity index is 823. The van der Waals surface area contributed by atoms with Crippen LogP contribution in [-0.2, 0) is 0 Å². The van der Waals surface area contributed by atoms with Crippen molar-refractivity contribution in [1.29, 1.82) is 0 Å². The number of carbonyl (C=O) groups excluding carboxylic acids is 1. The van der Waals surface area contributed by atoms with Gasteiger partial charge in [-0.3, -0.25) is 4.79 Å². The Morgan fingerprint density at radius 2 is 2.00 bits per heavy atom. The van der Waals surface area contributed by atoms with Gasteiger partial charge in [0.2, 0.25) is 0 Å². The second-order valence-corrected chi connectivity index (χ2v) is 8.02. The van der Waals surface area contributed by atoms with Crippen molar-refractivity contribution >= 4 is 39.6 Å². The van der Waals surface area contributed by atoms with Gasteiger partial charge in [-0.05, 0) is 55.9 Å². The molecule has 4 aliphatic carbocycles. The van der Waals surface area contributed by atoms with Gasteiger partial charge >= 0.3 is 0 Å². The molecule has 0 aromatic carbocycles. The number of rotatable bonds is 3. The third-order valence-electron chi connectivity index (χ3n) is 6.40. The molecule has 142 valence electrons. The zero-order valence-electron chi connectivity index (χ0n) is 14.4. The van der Waals surface area contributed by atoms with Gasteiger partial charge < -0.3 is 26.6 Å². The Kier molecular flexibility index (Phi) is 4.79. The topological polar surface area (TPSA) is 136 Å². The van der Waals surface area contributed by atoms with Crippen molar-refractivity contribution in [2.24, 2.45) is 23.5 Å².